The zero-order valence-corrected chi connectivity index (χ0v) is 12.1. The Labute approximate surface area is 112 Å². The van der Waals surface area contributed by atoms with Crippen molar-refractivity contribution < 1.29 is 0 Å². The molecule has 0 aliphatic carbocycles. The second-order valence-electron chi connectivity index (χ2n) is 5.20. The van der Waals surface area contributed by atoms with Gasteiger partial charge in [-0.15, -0.1) is 0 Å². The van der Waals surface area contributed by atoms with Crippen molar-refractivity contribution in [1.82, 2.24) is 9.55 Å². The van der Waals surface area contributed by atoms with Gasteiger partial charge in [-0.1, -0.05) is 46.0 Å². The molecule has 1 atom stereocenters. The molecule has 0 fully saturated rings. The molecule has 0 bridgehead atoms. The molecule has 1 aromatic rings. The van der Waals surface area contributed by atoms with Crippen LogP contribution in [-0.2, 0) is 13.0 Å². The predicted molar refractivity (Wildman–Crippen MR) is 77.6 cm³/mol. The largest absolute Gasteiger partial charge is 0.335 e. The summed E-state index contributed by atoms with van der Waals surface area (Å²) >= 11 is 0. The summed E-state index contributed by atoms with van der Waals surface area (Å²) < 4.78 is 2.23. The number of unbranched alkanes of at least 4 members (excludes halogenated alkanes) is 4. The third-order valence-corrected chi connectivity index (χ3v) is 3.39. The first-order valence-electron chi connectivity index (χ1n) is 7.53. The van der Waals surface area contributed by atoms with Gasteiger partial charge >= 0.3 is 0 Å². The minimum Gasteiger partial charge on any atom is -0.335 e. The smallest absolute Gasteiger partial charge is 0.110 e. The fourth-order valence-corrected chi connectivity index (χ4v) is 2.32. The molecule has 0 amide bonds. The molecule has 3 heteroatoms. The average Bonchev–Trinajstić information content (AvgIpc) is 2.77. The van der Waals surface area contributed by atoms with Gasteiger partial charge in [0.2, 0.25) is 0 Å². The zero-order chi connectivity index (χ0) is 13.2. The van der Waals surface area contributed by atoms with Crippen LogP contribution in [0.1, 0.15) is 64.6 Å². The van der Waals surface area contributed by atoms with Crippen molar-refractivity contribution in [2.24, 2.45) is 5.73 Å². The third kappa shape index (κ3) is 5.67. The lowest BCUT2D eigenvalue weighted by Gasteiger charge is -2.12. The van der Waals surface area contributed by atoms with Gasteiger partial charge in [0.15, 0.2) is 0 Å². The first kappa shape index (κ1) is 15.2. The highest BCUT2D eigenvalue weighted by Gasteiger charge is 2.08. The number of rotatable bonds is 10. The van der Waals surface area contributed by atoms with Gasteiger partial charge in [0, 0.05) is 31.4 Å². The van der Waals surface area contributed by atoms with Crippen molar-refractivity contribution in [3.63, 3.8) is 0 Å². The Hall–Kier alpha value is -0.830. The molecule has 0 saturated heterocycles. The van der Waals surface area contributed by atoms with E-state index in [0.29, 0.717) is 0 Å². The van der Waals surface area contributed by atoms with E-state index in [1.54, 1.807) is 0 Å². The van der Waals surface area contributed by atoms with Crippen molar-refractivity contribution >= 4 is 0 Å². The van der Waals surface area contributed by atoms with Gasteiger partial charge in [0.1, 0.15) is 5.82 Å². The van der Waals surface area contributed by atoms with Crippen molar-refractivity contribution in [2.75, 3.05) is 0 Å². The molecule has 18 heavy (non-hydrogen) atoms. The minimum absolute atomic E-state index is 0.268. The van der Waals surface area contributed by atoms with Gasteiger partial charge in [0.05, 0.1) is 0 Å². The van der Waals surface area contributed by atoms with E-state index in [1.165, 1.54) is 32.1 Å². The average molecular weight is 251 g/mol. The van der Waals surface area contributed by atoms with Crippen LogP contribution in [-0.4, -0.2) is 15.6 Å². The van der Waals surface area contributed by atoms with E-state index in [0.717, 1.165) is 31.6 Å². The highest BCUT2D eigenvalue weighted by molar-refractivity contribution is 4.95. The van der Waals surface area contributed by atoms with Crippen molar-refractivity contribution in [2.45, 2.75) is 77.8 Å². The van der Waals surface area contributed by atoms with Crippen LogP contribution in [0.5, 0.6) is 0 Å². The third-order valence-electron chi connectivity index (χ3n) is 3.39. The molecule has 104 valence electrons. The summed E-state index contributed by atoms with van der Waals surface area (Å²) in [5.74, 6) is 1.15. The molecule has 0 radical (unpaired) electrons. The van der Waals surface area contributed by atoms with Crippen molar-refractivity contribution in [3.05, 3.63) is 18.2 Å². The van der Waals surface area contributed by atoms with Crippen LogP contribution in [0.2, 0.25) is 0 Å². The van der Waals surface area contributed by atoms with E-state index in [4.69, 9.17) is 5.73 Å². The maximum absolute atomic E-state index is 6.19. The summed E-state index contributed by atoms with van der Waals surface area (Å²) in [5, 5.41) is 0. The number of hydrogen-bond acceptors (Lipinski definition) is 2. The molecule has 2 N–H and O–H groups in total. The summed E-state index contributed by atoms with van der Waals surface area (Å²) in [7, 11) is 0. The summed E-state index contributed by atoms with van der Waals surface area (Å²) in [6.07, 6.45) is 13.7. The summed E-state index contributed by atoms with van der Waals surface area (Å²) in [5.41, 5.74) is 6.19. The lowest BCUT2D eigenvalue weighted by atomic mass is 10.0. The van der Waals surface area contributed by atoms with Gasteiger partial charge in [0.25, 0.3) is 0 Å². The maximum atomic E-state index is 6.19. The van der Waals surface area contributed by atoms with E-state index in [-0.39, 0.29) is 6.04 Å². The second kappa shape index (κ2) is 9.15. The van der Waals surface area contributed by atoms with Gasteiger partial charge in [-0.25, -0.2) is 4.98 Å². The fourth-order valence-electron chi connectivity index (χ4n) is 2.32. The number of aromatic nitrogens is 2. The SMILES string of the molecule is CCCCCCCC(N)Cc1nccn1CCC. The highest BCUT2D eigenvalue weighted by atomic mass is 15.1. The van der Waals surface area contributed by atoms with Crippen LogP contribution in [0.4, 0.5) is 0 Å². The molecule has 1 rings (SSSR count). The molecular formula is C15H29N3. The number of nitrogens with two attached hydrogens (primary N) is 1. The number of imidazole rings is 1. The molecule has 0 aliphatic heterocycles. The molecule has 0 spiro atoms. The topological polar surface area (TPSA) is 43.8 Å². The number of hydrogen-bond donors (Lipinski definition) is 1. The Kier molecular flexibility index (Phi) is 7.74. The van der Waals surface area contributed by atoms with Gasteiger partial charge < -0.3 is 10.3 Å². The Morgan fingerprint density at radius 2 is 1.94 bits per heavy atom. The molecule has 1 unspecified atom stereocenters. The van der Waals surface area contributed by atoms with Gasteiger partial charge in [-0.3, -0.25) is 0 Å². The highest BCUT2D eigenvalue weighted by Crippen LogP contribution is 2.09. The number of nitrogens with zero attached hydrogens (tertiary/aromatic N) is 2. The van der Waals surface area contributed by atoms with Crippen LogP contribution >= 0.6 is 0 Å². The van der Waals surface area contributed by atoms with E-state index >= 15 is 0 Å². The molecule has 0 saturated carbocycles. The standard InChI is InChI=1S/C15H29N3/c1-3-5-6-7-8-9-14(16)13-15-17-10-12-18(15)11-4-2/h10,12,14H,3-9,11,13,16H2,1-2H3. The summed E-state index contributed by atoms with van der Waals surface area (Å²) in [6.45, 7) is 5.50. The summed E-state index contributed by atoms with van der Waals surface area (Å²) in [4.78, 5) is 4.42. The summed E-state index contributed by atoms with van der Waals surface area (Å²) in [6, 6.07) is 0.268. The number of aryl methyl sites for hydroxylation is 1. The first-order valence-corrected chi connectivity index (χ1v) is 7.53. The first-order chi connectivity index (χ1) is 8.77. The Morgan fingerprint density at radius 3 is 2.67 bits per heavy atom. The monoisotopic (exact) mass is 251 g/mol. The Morgan fingerprint density at radius 1 is 1.17 bits per heavy atom. The Balaban J connectivity index is 2.22. The molecule has 1 aromatic heterocycles. The molecule has 3 nitrogen and oxygen atoms in total. The minimum atomic E-state index is 0.268. The van der Waals surface area contributed by atoms with Gasteiger partial charge in [-0.05, 0) is 12.8 Å². The lowest BCUT2D eigenvalue weighted by Crippen LogP contribution is -2.24. The predicted octanol–water partition coefficient (Wildman–Crippen LogP) is 3.52. The van der Waals surface area contributed by atoms with E-state index in [9.17, 15) is 0 Å². The molecule has 0 aromatic carbocycles. The lowest BCUT2D eigenvalue weighted by molar-refractivity contribution is 0.517. The Bertz CT molecular complexity index is 306. The molecular weight excluding hydrogens is 222 g/mol. The van der Waals surface area contributed by atoms with Crippen LogP contribution in [0.15, 0.2) is 12.4 Å². The molecule has 0 aliphatic rings. The van der Waals surface area contributed by atoms with E-state index in [2.05, 4.69) is 29.6 Å². The zero-order valence-electron chi connectivity index (χ0n) is 12.1. The maximum Gasteiger partial charge on any atom is 0.110 e. The fraction of sp³-hybridized carbons (Fsp3) is 0.800. The van der Waals surface area contributed by atoms with Crippen molar-refractivity contribution in [3.8, 4) is 0 Å². The molecule has 1 heterocycles. The van der Waals surface area contributed by atoms with Crippen LogP contribution in [0.25, 0.3) is 0 Å². The van der Waals surface area contributed by atoms with Crippen LogP contribution < -0.4 is 5.73 Å². The normalized spacial score (nSPS) is 12.8. The van der Waals surface area contributed by atoms with E-state index < -0.39 is 0 Å². The quantitative estimate of drug-likeness (QED) is 0.647. The van der Waals surface area contributed by atoms with E-state index in [1.807, 2.05) is 6.20 Å². The van der Waals surface area contributed by atoms with Crippen molar-refractivity contribution in [1.29, 1.82) is 0 Å². The van der Waals surface area contributed by atoms with Crippen LogP contribution in [0.3, 0.4) is 0 Å². The van der Waals surface area contributed by atoms with Gasteiger partial charge in [-0.2, -0.15) is 0 Å². The van der Waals surface area contributed by atoms with Crippen LogP contribution in [0, 0.1) is 0 Å². The second-order valence-corrected chi connectivity index (χ2v) is 5.20.